The Bertz CT molecular complexity index is 724. The molecule has 1 saturated heterocycles. The summed E-state index contributed by atoms with van der Waals surface area (Å²) >= 11 is 0. The highest BCUT2D eigenvalue weighted by molar-refractivity contribution is 5.84. The number of hydrogen-bond donors (Lipinski definition) is 2. The molecule has 0 unspecified atom stereocenters. The van der Waals surface area contributed by atoms with Gasteiger partial charge in [-0.05, 0) is 22.3 Å². The summed E-state index contributed by atoms with van der Waals surface area (Å²) in [5.41, 5.74) is 4.74. The maximum absolute atomic E-state index is 10.2. The molecule has 3 nitrogen and oxygen atoms in total. The van der Waals surface area contributed by atoms with E-state index in [2.05, 4.69) is 18.2 Å². The van der Waals surface area contributed by atoms with Crippen LogP contribution in [0.15, 0.2) is 42.5 Å². The van der Waals surface area contributed by atoms with Crippen molar-refractivity contribution in [1.29, 1.82) is 0 Å². The average molecular weight is 252 g/mol. The van der Waals surface area contributed by atoms with Gasteiger partial charge in [-0.1, -0.05) is 42.5 Å². The first kappa shape index (κ1) is 10.1. The maximum atomic E-state index is 10.2. The molecule has 0 saturated carbocycles. The first-order chi connectivity index (χ1) is 9.25. The second kappa shape index (κ2) is 2.90. The number of fused-ring (bicyclic) bond motifs is 2. The summed E-state index contributed by atoms with van der Waals surface area (Å²) in [4.78, 5) is 0. The third-order valence-corrected chi connectivity index (χ3v) is 4.69. The molecule has 3 aliphatic rings. The number of hydrogen-bond acceptors (Lipinski definition) is 3. The summed E-state index contributed by atoms with van der Waals surface area (Å²) in [5, 5.41) is 20.4. The lowest BCUT2D eigenvalue weighted by atomic mass is 9.79. The van der Waals surface area contributed by atoms with Crippen LogP contribution >= 0.6 is 0 Å². The molecule has 2 aliphatic carbocycles. The van der Waals surface area contributed by atoms with Gasteiger partial charge in [0.25, 0.3) is 0 Å². The van der Waals surface area contributed by atoms with E-state index < -0.39 is 17.8 Å². The van der Waals surface area contributed by atoms with Crippen LogP contribution < -0.4 is 0 Å². The van der Waals surface area contributed by atoms with Crippen molar-refractivity contribution in [3.05, 3.63) is 59.2 Å². The Balaban J connectivity index is 1.94. The third-order valence-electron chi connectivity index (χ3n) is 4.69. The van der Waals surface area contributed by atoms with Crippen molar-refractivity contribution in [3.8, 4) is 11.1 Å². The Labute approximate surface area is 110 Å². The molecule has 1 heterocycles. The van der Waals surface area contributed by atoms with Crippen molar-refractivity contribution >= 4 is 0 Å². The molecule has 5 rings (SSSR count). The number of benzene rings is 2. The van der Waals surface area contributed by atoms with Gasteiger partial charge >= 0.3 is 0 Å². The fourth-order valence-corrected chi connectivity index (χ4v) is 3.88. The molecule has 0 amide bonds. The van der Waals surface area contributed by atoms with Gasteiger partial charge < -0.3 is 14.9 Å². The second-order valence-electron chi connectivity index (χ2n) is 5.52. The fraction of sp³-hybridized carbons (Fsp3) is 0.250. The summed E-state index contributed by atoms with van der Waals surface area (Å²) < 4.78 is 5.89. The van der Waals surface area contributed by atoms with E-state index in [9.17, 15) is 10.2 Å². The minimum absolute atomic E-state index is 0.320. The fourth-order valence-electron chi connectivity index (χ4n) is 3.88. The molecule has 0 bridgehead atoms. The van der Waals surface area contributed by atoms with Crippen molar-refractivity contribution in [2.24, 2.45) is 0 Å². The molecule has 1 fully saturated rings. The normalized spacial score (nSPS) is 36.4. The zero-order valence-corrected chi connectivity index (χ0v) is 10.1. The first-order valence-electron chi connectivity index (χ1n) is 6.52. The molecular formula is C16H12O3. The van der Waals surface area contributed by atoms with Crippen LogP contribution in [-0.4, -0.2) is 22.4 Å². The minimum atomic E-state index is -0.857. The van der Waals surface area contributed by atoms with E-state index in [-0.39, 0.29) is 6.10 Å². The van der Waals surface area contributed by atoms with Gasteiger partial charge in [-0.15, -0.1) is 0 Å². The van der Waals surface area contributed by atoms with E-state index in [1.807, 2.05) is 24.3 Å². The largest absolute Gasteiger partial charge is 0.387 e. The highest BCUT2D eigenvalue weighted by atomic mass is 16.6. The van der Waals surface area contributed by atoms with Crippen LogP contribution in [0.5, 0.6) is 0 Å². The molecule has 2 N–H and O–H groups in total. The van der Waals surface area contributed by atoms with E-state index in [4.69, 9.17) is 4.74 Å². The second-order valence-corrected chi connectivity index (χ2v) is 5.52. The number of epoxide rings is 1. The van der Waals surface area contributed by atoms with Crippen molar-refractivity contribution in [2.45, 2.75) is 23.9 Å². The molecule has 4 atom stereocenters. The summed E-state index contributed by atoms with van der Waals surface area (Å²) in [7, 11) is 0. The van der Waals surface area contributed by atoms with Crippen LogP contribution in [0.25, 0.3) is 11.1 Å². The topological polar surface area (TPSA) is 53.0 Å². The van der Waals surface area contributed by atoms with Crippen molar-refractivity contribution in [1.82, 2.24) is 0 Å². The summed E-state index contributed by atoms with van der Waals surface area (Å²) in [5.74, 6) is 0. The number of aliphatic hydroxyl groups excluding tert-OH is 2. The minimum Gasteiger partial charge on any atom is -0.387 e. The molecule has 0 aromatic heterocycles. The predicted octanol–water partition coefficient (Wildman–Crippen LogP) is 1.72. The number of aliphatic hydroxyl groups is 2. The lowest BCUT2D eigenvalue weighted by Gasteiger charge is -2.26. The number of ether oxygens (including phenoxy) is 1. The number of rotatable bonds is 0. The molecule has 3 heteroatoms. The Kier molecular flexibility index (Phi) is 1.55. The van der Waals surface area contributed by atoms with Gasteiger partial charge in [0.1, 0.15) is 23.9 Å². The first-order valence-corrected chi connectivity index (χ1v) is 6.52. The van der Waals surface area contributed by atoms with Gasteiger partial charge in [-0.2, -0.15) is 0 Å². The van der Waals surface area contributed by atoms with Gasteiger partial charge in [-0.3, -0.25) is 0 Å². The van der Waals surface area contributed by atoms with E-state index in [1.54, 1.807) is 0 Å². The highest BCUT2D eigenvalue weighted by Crippen LogP contribution is 2.66. The van der Waals surface area contributed by atoms with Gasteiger partial charge in [0.05, 0.1) is 0 Å². The molecule has 2 aromatic rings. The monoisotopic (exact) mass is 252 g/mol. The third kappa shape index (κ3) is 0.920. The lowest BCUT2D eigenvalue weighted by Crippen LogP contribution is -2.34. The Morgan fingerprint density at radius 1 is 0.947 bits per heavy atom. The molecular weight excluding hydrogens is 240 g/mol. The predicted molar refractivity (Wildman–Crippen MR) is 68.5 cm³/mol. The molecule has 1 aliphatic heterocycles. The van der Waals surface area contributed by atoms with Crippen LogP contribution in [-0.2, 0) is 10.3 Å². The van der Waals surface area contributed by atoms with E-state index in [0.717, 1.165) is 27.8 Å². The summed E-state index contributed by atoms with van der Waals surface area (Å²) in [6, 6.07) is 14.0. The smallest absolute Gasteiger partial charge is 0.149 e. The van der Waals surface area contributed by atoms with Crippen LogP contribution in [0.3, 0.4) is 0 Å². The van der Waals surface area contributed by atoms with Crippen LogP contribution in [0.1, 0.15) is 22.8 Å². The molecule has 2 aromatic carbocycles. The summed E-state index contributed by atoms with van der Waals surface area (Å²) in [6.45, 7) is 0. The Hall–Kier alpha value is -1.68. The van der Waals surface area contributed by atoms with Crippen LogP contribution in [0.4, 0.5) is 0 Å². The average Bonchev–Trinajstić information content (AvgIpc) is 3.14. The quantitative estimate of drug-likeness (QED) is 0.702. The van der Waals surface area contributed by atoms with Crippen molar-refractivity contribution < 1.29 is 14.9 Å². The standard InChI is InChI=1S/C16H12O3/c17-13-10-6-3-5-9-8-4-1-2-7-11(8)16(12(9)10)15(19-16)14(13)18/h1-7,13-15,17-18H/t13-,14+,15+,16-/m0/s1. The van der Waals surface area contributed by atoms with E-state index in [0.29, 0.717) is 0 Å². The summed E-state index contributed by atoms with van der Waals surface area (Å²) in [6.07, 6.45) is -2.03. The SMILES string of the molecule is O[C@H]1[C@H]2O[C@]23c2ccccc2-c2cccc(c23)[C@@H]1O. The zero-order chi connectivity index (χ0) is 12.8. The molecule has 1 spiro atoms. The molecule has 0 radical (unpaired) electrons. The lowest BCUT2D eigenvalue weighted by molar-refractivity contribution is -0.000531. The Morgan fingerprint density at radius 2 is 1.74 bits per heavy atom. The van der Waals surface area contributed by atoms with E-state index >= 15 is 0 Å². The Morgan fingerprint density at radius 3 is 2.63 bits per heavy atom. The van der Waals surface area contributed by atoms with Crippen LogP contribution in [0.2, 0.25) is 0 Å². The van der Waals surface area contributed by atoms with E-state index in [1.165, 1.54) is 0 Å². The van der Waals surface area contributed by atoms with Crippen molar-refractivity contribution in [2.75, 3.05) is 0 Å². The molecule has 94 valence electrons. The van der Waals surface area contributed by atoms with Gasteiger partial charge in [0.15, 0.2) is 0 Å². The maximum Gasteiger partial charge on any atom is 0.149 e. The highest BCUT2D eigenvalue weighted by Gasteiger charge is 2.70. The van der Waals surface area contributed by atoms with Gasteiger partial charge in [-0.25, -0.2) is 0 Å². The van der Waals surface area contributed by atoms with Gasteiger partial charge in [0.2, 0.25) is 0 Å². The van der Waals surface area contributed by atoms with Crippen LogP contribution in [0, 0.1) is 0 Å². The van der Waals surface area contributed by atoms with Gasteiger partial charge in [0, 0.05) is 5.56 Å². The zero-order valence-electron chi connectivity index (χ0n) is 10.1. The molecule has 19 heavy (non-hydrogen) atoms. The van der Waals surface area contributed by atoms with Crippen molar-refractivity contribution in [3.63, 3.8) is 0 Å².